The van der Waals surface area contributed by atoms with Gasteiger partial charge in [0.1, 0.15) is 11.9 Å². The van der Waals surface area contributed by atoms with Crippen molar-refractivity contribution in [3.8, 4) is 17.2 Å². The normalized spacial score (nSPS) is 9.78. The van der Waals surface area contributed by atoms with Gasteiger partial charge >= 0.3 is 0 Å². The summed E-state index contributed by atoms with van der Waals surface area (Å²) in [6, 6.07) is 11.6. The van der Waals surface area contributed by atoms with Crippen LogP contribution in [0, 0.1) is 27.3 Å². The molecule has 0 aliphatic carbocycles. The van der Waals surface area contributed by atoms with E-state index >= 15 is 0 Å². The lowest BCUT2D eigenvalue weighted by Gasteiger charge is -2.05. The van der Waals surface area contributed by atoms with E-state index in [4.69, 9.17) is 5.26 Å². The van der Waals surface area contributed by atoms with Gasteiger partial charge < -0.3 is 0 Å². The predicted octanol–water partition coefficient (Wildman–Crippen LogP) is 3.27. The van der Waals surface area contributed by atoms with Crippen molar-refractivity contribution in [1.29, 1.82) is 5.26 Å². The maximum Gasteiger partial charge on any atom is 0.270 e. The lowest BCUT2D eigenvalue weighted by Crippen LogP contribution is -1.92. The topological polar surface area (TPSA) is 66.9 Å². The molecule has 0 aliphatic heterocycles. The molecule has 0 N–H and O–H groups in total. The zero-order valence-corrected chi connectivity index (χ0v) is 9.13. The summed E-state index contributed by atoms with van der Waals surface area (Å²) in [4.78, 5) is 10.0. The molecule has 2 aromatic carbocycles. The summed E-state index contributed by atoms with van der Waals surface area (Å²) in [6.45, 7) is 0. The Morgan fingerprint density at radius 3 is 2.50 bits per heavy atom. The van der Waals surface area contributed by atoms with Crippen LogP contribution >= 0.6 is 0 Å². The average Bonchev–Trinajstić information content (AvgIpc) is 2.38. The number of hydrogen-bond donors (Lipinski definition) is 0. The monoisotopic (exact) mass is 242 g/mol. The molecular formula is C13H7FN2O2. The molecule has 0 fully saturated rings. The summed E-state index contributed by atoms with van der Waals surface area (Å²) in [5.74, 6) is -0.470. The maximum absolute atomic E-state index is 13.6. The number of nitro benzene ring substituents is 1. The fourth-order valence-corrected chi connectivity index (χ4v) is 1.65. The highest BCUT2D eigenvalue weighted by atomic mass is 19.1. The minimum absolute atomic E-state index is 0.0781. The molecule has 0 radical (unpaired) electrons. The molecule has 18 heavy (non-hydrogen) atoms. The van der Waals surface area contributed by atoms with E-state index in [9.17, 15) is 14.5 Å². The first kappa shape index (κ1) is 11.7. The fourth-order valence-electron chi connectivity index (χ4n) is 1.65. The van der Waals surface area contributed by atoms with E-state index in [1.54, 1.807) is 6.07 Å². The van der Waals surface area contributed by atoms with Crippen molar-refractivity contribution in [2.24, 2.45) is 0 Å². The van der Waals surface area contributed by atoms with Gasteiger partial charge in [-0.15, -0.1) is 0 Å². The van der Waals surface area contributed by atoms with Gasteiger partial charge in [-0.2, -0.15) is 5.26 Å². The molecule has 0 spiro atoms. The highest BCUT2D eigenvalue weighted by Gasteiger charge is 2.13. The molecule has 0 amide bonds. The van der Waals surface area contributed by atoms with Crippen LogP contribution in [0.2, 0.25) is 0 Å². The number of halogens is 1. The first-order chi connectivity index (χ1) is 8.63. The van der Waals surface area contributed by atoms with Crippen molar-refractivity contribution in [1.82, 2.24) is 0 Å². The van der Waals surface area contributed by atoms with Gasteiger partial charge in [-0.25, -0.2) is 4.39 Å². The predicted molar refractivity (Wildman–Crippen MR) is 63.2 cm³/mol. The smallest absolute Gasteiger partial charge is 0.258 e. The lowest BCUT2D eigenvalue weighted by molar-refractivity contribution is -0.384. The minimum Gasteiger partial charge on any atom is -0.258 e. The van der Waals surface area contributed by atoms with E-state index in [0.29, 0.717) is 5.56 Å². The third-order valence-corrected chi connectivity index (χ3v) is 2.50. The summed E-state index contributed by atoms with van der Waals surface area (Å²) in [6.07, 6.45) is 0. The van der Waals surface area contributed by atoms with Gasteiger partial charge in [0.25, 0.3) is 5.69 Å². The van der Waals surface area contributed by atoms with E-state index in [0.717, 1.165) is 6.07 Å². The van der Waals surface area contributed by atoms with E-state index < -0.39 is 10.7 Å². The Hall–Kier alpha value is -2.74. The van der Waals surface area contributed by atoms with E-state index in [2.05, 4.69) is 0 Å². The molecule has 0 aromatic heterocycles. The molecule has 0 unspecified atom stereocenters. The van der Waals surface area contributed by atoms with Crippen LogP contribution in [0.3, 0.4) is 0 Å². The largest absolute Gasteiger partial charge is 0.270 e. The van der Waals surface area contributed by atoms with Crippen LogP contribution in [0.15, 0.2) is 42.5 Å². The molecule has 0 bridgehead atoms. The third-order valence-electron chi connectivity index (χ3n) is 2.50. The summed E-state index contributed by atoms with van der Waals surface area (Å²) < 4.78 is 13.6. The van der Waals surface area contributed by atoms with Crippen LogP contribution in [0.1, 0.15) is 5.56 Å². The number of nitriles is 1. The molecule has 5 heteroatoms. The zero-order valence-electron chi connectivity index (χ0n) is 9.13. The van der Waals surface area contributed by atoms with Gasteiger partial charge in [0.2, 0.25) is 0 Å². The number of hydrogen-bond acceptors (Lipinski definition) is 3. The minimum atomic E-state index is -0.591. The molecule has 2 aromatic rings. The highest BCUT2D eigenvalue weighted by Crippen LogP contribution is 2.28. The third kappa shape index (κ3) is 2.04. The van der Waals surface area contributed by atoms with Gasteiger partial charge in [0.15, 0.2) is 0 Å². The van der Waals surface area contributed by atoms with Crippen LogP contribution in [-0.2, 0) is 0 Å². The number of benzene rings is 2. The second-order valence-electron chi connectivity index (χ2n) is 3.58. The fraction of sp³-hybridized carbons (Fsp3) is 0. The Morgan fingerprint density at radius 1 is 1.17 bits per heavy atom. The first-order valence-electron chi connectivity index (χ1n) is 5.07. The van der Waals surface area contributed by atoms with Gasteiger partial charge in [-0.1, -0.05) is 18.2 Å². The van der Waals surface area contributed by atoms with Crippen molar-refractivity contribution in [2.45, 2.75) is 0 Å². The molecule has 0 aliphatic rings. The second-order valence-corrected chi connectivity index (χ2v) is 3.58. The van der Waals surface area contributed by atoms with Gasteiger partial charge in [-0.05, 0) is 12.1 Å². The molecule has 0 atom stereocenters. The Balaban J connectivity index is 2.63. The molecular weight excluding hydrogens is 235 g/mol. The summed E-state index contributed by atoms with van der Waals surface area (Å²) in [7, 11) is 0. The molecule has 2 rings (SSSR count). The Morgan fingerprint density at radius 2 is 1.89 bits per heavy atom. The van der Waals surface area contributed by atoms with E-state index in [1.165, 1.54) is 30.3 Å². The summed E-state index contributed by atoms with van der Waals surface area (Å²) in [5.41, 5.74) is 0.492. The second kappa shape index (κ2) is 4.63. The van der Waals surface area contributed by atoms with Crippen molar-refractivity contribution >= 4 is 5.69 Å². The average molecular weight is 242 g/mol. The number of nitrogens with zero attached hydrogens (tertiary/aromatic N) is 2. The summed E-state index contributed by atoms with van der Waals surface area (Å²) in [5, 5.41) is 19.6. The van der Waals surface area contributed by atoms with Crippen LogP contribution in [0.5, 0.6) is 0 Å². The van der Waals surface area contributed by atoms with Gasteiger partial charge in [0.05, 0.1) is 10.5 Å². The quantitative estimate of drug-likeness (QED) is 0.599. The van der Waals surface area contributed by atoms with E-state index in [-0.39, 0.29) is 16.8 Å². The van der Waals surface area contributed by atoms with Crippen molar-refractivity contribution in [3.63, 3.8) is 0 Å². The molecule has 0 saturated carbocycles. The van der Waals surface area contributed by atoms with Crippen LogP contribution in [-0.4, -0.2) is 4.92 Å². The van der Waals surface area contributed by atoms with Crippen molar-refractivity contribution < 1.29 is 9.31 Å². The van der Waals surface area contributed by atoms with Gasteiger partial charge in [-0.3, -0.25) is 10.1 Å². The molecule has 0 saturated heterocycles. The summed E-state index contributed by atoms with van der Waals surface area (Å²) >= 11 is 0. The zero-order chi connectivity index (χ0) is 13.1. The van der Waals surface area contributed by atoms with E-state index in [1.807, 2.05) is 6.07 Å². The van der Waals surface area contributed by atoms with Crippen LogP contribution < -0.4 is 0 Å². The maximum atomic E-state index is 13.6. The molecule has 88 valence electrons. The molecule has 0 heterocycles. The standard InChI is InChI=1S/C13H7FN2O2/c14-13-4-2-1-3-12(13)11-6-5-10(16(17)18)7-9(11)8-15/h1-7H. The number of nitro groups is 1. The van der Waals surface area contributed by atoms with Crippen LogP contribution in [0.4, 0.5) is 10.1 Å². The SMILES string of the molecule is N#Cc1cc([N+](=O)[O-])ccc1-c1ccccc1F. The highest BCUT2D eigenvalue weighted by molar-refractivity contribution is 5.72. The lowest BCUT2D eigenvalue weighted by atomic mass is 9.99. The van der Waals surface area contributed by atoms with Gasteiger partial charge in [0, 0.05) is 23.3 Å². The first-order valence-corrected chi connectivity index (χ1v) is 5.07. The van der Waals surface area contributed by atoms with Crippen molar-refractivity contribution in [3.05, 3.63) is 64.0 Å². The Bertz CT molecular complexity index is 662. The Labute approximate surface area is 102 Å². The Kier molecular flexibility index (Phi) is 3.02. The number of non-ortho nitro benzene ring substituents is 1. The van der Waals surface area contributed by atoms with Crippen molar-refractivity contribution in [2.75, 3.05) is 0 Å². The van der Waals surface area contributed by atoms with Crippen LogP contribution in [0.25, 0.3) is 11.1 Å². The number of rotatable bonds is 2. The molecule has 4 nitrogen and oxygen atoms in total.